The minimum absolute atomic E-state index is 0.0685. The van der Waals surface area contributed by atoms with Gasteiger partial charge >= 0.3 is 5.97 Å². The third-order valence-corrected chi connectivity index (χ3v) is 4.59. The van der Waals surface area contributed by atoms with Crippen LogP contribution in [-0.2, 0) is 17.6 Å². The van der Waals surface area contributed by atoms with Crippen LogP contribution in [0.5, 0.6) is 17.5 Å². The average Bonchev–Trinajstić information content (AvgIpc) is 2.88. The second-order valence-corrected chi connectivity index (χ2v) is 7.06. The summed E-state index contributed by atoms with van der Waals surface area (Å²) in [4.78, 5) is 18.2. The minimum atomic E-state index is -0.899. The Kier molecular flexibility index (Phi) is 5.11. The van der Waals surface area contributed by atoms with Gasteiger partial charge in [0.2, 0.25) is 11.8 Å². The maximum absolute atomic E-state index is 10.6. The van der Waals surface area contributed by atoms with Gasteiger partial charge in [0, 0.05) is 18.7 Å². The molecule has 0 saturated heterocycles. The molecule has 2 heterocycles. The fourth-order valence-electron chi connectivity index (χ4n) is 2.20. The molecule has 8 heteroatoms. The monoisotopic (exact) mass is 374 g/mol. The Morgan fingerprint density at radius 1 is 1.20 bits per heavy atom. The molecule has 0 aliphatic heterocycles. The highest BCUT2D eigenvalue weighted by atomic mass is 32.1. The van der Waals surface area contributed by atoms with Crippen LogP contribution in [0.4, 0.5) is 0 Å². The molecule has 0 amide bonds. The van der Waals surface area contributed by atoms with E-state index in [1.165, 1.54) is 17.5 Å². The van der Waals surface area contributed by atoms with E-state index in [1.807, 2.05) is 24.3 Å². The highest BCUT2D eigenvalue weighted by Crippen LogP contribution is 2.26. The molecule has 3 aromatic rings. The van der Waals surface area contributed by atoms with E-state index in [4.69, 9.17) is 22.1 Å². The molecule has 3 N–H and O–H groups in total. The van der Waals surface area contributed by atoms with Gasteiger partial charge in [-0.15, -0.1) is 11.3 Å². The zero-order valence-electron chi connectivity index (χ0n) is 12.9. The largest absolute Gasteiger partial charge is 0.494 e. The molecule has 0 spiro atoms. The zero-order valence-corrected chi connectivity index (χ0v) is 14.6. The van der Waals surface area contributed by atoms with Gasteiger partial charge in [0.05, 0.1) is 11.3 Å². The number of rotatable bonds is 6. The van der Waals surface area contributed by atoms with E-state index in [9.17, 15) is 9.90 Å². The van der Waals surface area contributed by atoms with Crippen LogP contribution in [0.2, 0.25) is 0 Å². The number of thiazole rings is 1. The van der Waals surface area contributed by atoms with Crippen LogP contribution >= 0.6 is 23.6 Å². The summed E-state index contributed by atoms with van der Waals surface area (Å²) < 4.78 is 6.19. The first kappa shape index (κ1) is 17.1. The van der Waals surface area contributed by atoms with E-state index in [2.05, 4.69) is 9.97 Å². The number of aromatic hydroxyl groups is 1. The molecular weight excluding hydrogens is 360 g/mol. The third kappa shape index (κ3) is 4.65. The lowest BCUT2D eigenvalue weighted by molar-refractivity contribution is -0.136. The summed E-state index contributed by atoms with van der Waals surface area (Å²) in [5.41, 5.74) is 1.63. The molecule has 0 aliphatic rings. The van der Waals surface area contributed by atoms with Crippen LogP contribution in [0.15, 0.2) is 42.6 Å². The number of pyridine rings is 1. The molecule has 2 aromatic heterocycles. The number of carboxylic acids is 1. The number of hydrogen-bond acceptors (Lipinski definition) is 6. The van der Waals surface area contributed by atoms with Crippen molar-refractivity contribution in [3.8, 4) is 17.5 Å². The number of carboxylic acid groups (broad SMARTS) is 1. The van der Waals surface area contributed by atoms with Crippen molar-refractivity contribution in [3.63, 3.8) is 0 Å². The van der Waals surface area contributed by atoms with Crippen LogP contribution in [-0.4, -0.2) is 26.2 Å². The normalized spacial score (nSPS) is 10.6. The van der Waals surface area contributed by atoms with E-state index in [0.29, 0.717) is 27.6 Å². The second-order valence-electron chi connectivity index (χ2n) is 5.28. The lowest BCUT2D eigenvalue weighted by atomic mass is 10.1. The Hall–Kier alpha value is -2.71. The van der Waals surface area contributed by atoms with E-state index >= 15 is 0 Å². The molecule has 1 aromatic carbocycles. The predicted molar refractivity (Wildman–Crippen MR) is 96.1 cm³/mol. The van der Waals surface area contributed by atoms with Crippen molar-refractivity contribution in [2.24, 2.45) is 0 Å². The van der Waals surface area contributed by atoms with Gasteiger partial charge in [0.25, 0.3) is 0 Å². The summed E-state index contributed by atoms with van der Waals surface area (Å²) >= 11 is 6.35. The van der Waals surface area contributed by atoms with Crippen molar-refractivity contribution < 1.29 is 19.7 Å². The van der Waals surface area contributed by atoms with Crippen molar-refractivity contribution >= 4 is 29.5 Å². The summed E-state index contributed by atoms with van der Waals surface area (Å²) in [6.45, 7) is 0. The molecule has 0 bridgehead atoms. The first-order chi connectivity index (χ1) is 12.0. The third-order valence-electron chi connectivity index (χ3n) is 3.36. The number of aromatic amines is 1. The molecule has 0 saturated carbocycles. The molecule has 3 rings (SSSR count). The van der Waals surface area contributed by atoms with E-state index in [-0.39, 0.29) is 12.3 Å². The minimum Gasteiger partial charge on any atom is -0.494 e. The van der Waals surface area contributed by atoms with Gasteiger partial charge in [-0.05, 0) is 35.5 Å². The number of H-pyrrole nitrogens is 1. The first-order valence-corrected chi connectivity index (χ1v) is 8.56. The fraction of sp³-hybridized carbons (Fsp3) is 0.118. The number of carbonyl (C=O) groups is 1. The van der Waals surface area contributed by atoms with Crippen LogP contribution < -0.4 is 4.74 Å². The molecular formula is C17H14N2O4S2. The average molecular weight is 374 g/mol. The highest BCUT2D eigenvalue weighted by Gasteiger charge is 2.07. The van der Waals surface area contributed by atoms with Crippen molar-refractivity contribution in [1.82, 2.24) is 9.97 Å². The van der Waals surface area contributed by atoms with Crippen molar-refractivity contribution in [3.05, 3.63) is 62.6 Å². The van der Waals surface area contributed by atoms with Gasteiger partial charge in [-0.1, -0.05) is 18.2 Å². The number of nitrogens with zero attached hydrogens (tertiary/aromatic N) is 1. The fourth-order valence-corrected chi connectivity index (χ4v) is 3.36. The number of ether oxygens (including phenoxy) is 1. The van der Waals surface area contributed by atoms with Crippen molar-refractivity contribution in [1.29, 1.82) is 0 Å². The van der Waals surface area contributed by atoms with Crippen molar-refractivity contribution in [2.45, 2.75) is 12.8 Å². The summed E-state index contributed by atoms with van der Waals surface area (Å²) in [5, 5.41) is 18.5. The molecule has 128 valence electrons. The zero-order chi connectivity index (χ0) is 17.8. The van der Waals surface area contributed by atoms with Gasteiger partial charge in [-0.2, -0.15) is 0 Å². The Bertz CT molecular complexity index is 931. The summed E-state index contributed by atoms with van der Waals surface area (Å²) in [7, 11) is 0. The Balaban J connectivity index is 1.65. The van der Waals surface area contributed by atoms with Crippen LogP contribution in [0.25, 0.3) is 0 Å². The van der Waals surface area contributed by atoms with Crippen LogP contribution in [0.1, 0.15) is 16.0 Å². The predicted octanol–water partition coefficient (Wildman–Crippen LogP) is 3.92. The molecule has 0 atom stereocenters. The lowest BCUT2D eigenvalue weighted by Crippen LogP contribution is -2.00. The maximum Gasteiger partial charge on any atom is 0.307 e. The van der Waals surface area contributed by atoms with E-state index in [0.717, 1.165) is 10.4 Å². The summed E-state index contributed by atoms with van der Waals surface area (Å²) in [6, 6.07) is 10.7. The molecule has 0 aliphatic carbocycles. The number of aliphatic carboxylic acids is 1. The summed E-state index contributed by atoms with van der Waals surface area (Å²) in [5.74, 6) is 0.223. The van der Waals surface area contributed by atoms with Crippen molar-refractivity contribution in [2.75, 3.05) is 0 Å². The van der Waals surface area contributed by atoms with Gasteiger partial charge in [-0.25, -0.2) is 4.98 Å². The van der Waals surface area contributed by atoms with Gasteiger partial charge < -0.3 is 19.9 Å². The van der Waals surface area contributed by atoms with Gasteiger partial charge in [0.15, 0.2) is 3.95 Å². The number of nitrogens with one attached hydrogen (secondary N) is 1. The highest BCUT2D eigenvalue weighted by molar-refractivity contribution is 7.73. The quantitative estimate of drug-likeness (QED) is 0.566. The van der Waals surface area contributed by atoms with Crippen LogP contribution in [0.3, 0.4) is 0 Å². The second kappa shape index (κ2) is 7.45. The molecule has 6 nitrogen and oxygen atoms in total. The SMILES string of the molecule is O=C(O)Cc1ccc(Oc2ccc(Cc3sc(=S)[nH]c3O)cc2)nc1. The lowest BCUT2D eigenvalue weighted by Gasteiger charge is -2.06. The topological polar surface area (TPSA) is 95.4 Å². The van der Waals surface area contributed by atoms with E-state index in [1.54, 1.807) is 12.1 Å². The first-order valence-electron chi connectivity index (χ1n) is 7.34. The Morgan fingerprint density at radius 3 is 2.48 bits per heavy atom. The smallest absolute Gasteiger partial charge is 0.307 e. The summed E-state index contributed by atoms with van der Waals surface area (Å²) in [6.07, 6.45) is 1.99. The number of aromatic nitrogens is 2. The number of benzene rings is 1. The Labute approximate surface area is 152 Å². The molecule has 0 fully saturated rings. The van der Waals surface area contributed by atoms with Gasteiger partial charge in [-0.3, -0.25) is 4.79 Å². The maximum atomic E-state index is 10.6. The van der Waals surface area contributed by atoms with Gasteiger partial charge in [0.1, 0.15) is 5.75 Å². The standard InChI is InChI=1S/C17H14N2O4S2/c20-15(21)8-11-3-6-14(18-9-11)23-12-4-1-10(2-5-12)7-13-16(22)19-17(24)25-13/h1-6,9,22H,7-8H2,(H,19,24)(H,20,21). The Morgan fingerprint density at radius 2 is 1.92 bits per heavy atom. The molecule has 25 heavy (non-hydrogen) atoms. The van der Waals surface area contributed by atoms with E-state index < -0.39 is 5.97 Å². The molecule has 0 radical (unpaired) electrons. The number of hydrogen-bond donors (Lipinski definition) is 3. The molecule has 0 unspecified atom stereocenters. The van der Waals surface area contributed by atoms with Crippen LogP contribution in [0, 0.1) is 3.95 Å².